The van der Waals surface area contributed by atoms with Crippen molar-refractivity contribution in [2.24, 2.45) is 0 Å². The topological polar surface area (TPSA) is 12.9 Å². The maximum atomic E-state index is 5.15. The molecular weight excluding hydrogens is 767 g/mol. The molecule has 2 aliphatic rings. The molecule has 0 bridgehead atoms. The van der Waals surface area contributed by atoms with Crippen LogP contribution >= 0.6 is 11.3 Å². The predicted octanol–water partition coefficient (Wildman–Crippen LogP) is 16.3. The molecule has 2 aromatic heterocycles. The summed E-state index contributed by atoms with van der Waals surface area (Å²) in [5.41, 5.74) is 17.0. The molecule has 2 heteroatoms. The fraction of sp³-hybridized carbons (Fsp3) is 0.0167. The Balaban J connectivity index is 1.02. The van der Waals surface area contributed by atoms with Gasteiger partial charge in [-0.2, -0.15) is 0 Å². The van der Waals surface area contributed by atoms with Gasteiger partial charge in [0.15, 0.2) is 0 Å². The predicted molar refractivity (Wildman–Crippen MR) is 262 cm³/mol. The zero-order valence-corrected chi connectivity index (χ0v) is 34.4. The number of benzene rings is 10. The molecule has 0 radical (unpaired) electrons. The van der Waals surface area contributed by atoms with E-state index in [2.05, 4.69) is 206 Å². The summed E-state index contributed by atoms with van der Waals surface area (Å²) in [6.07, 6.45) is 1.96. The first-order valence-corrected chi connectivity index (χ1v) is 22.3. The summed E-state index contributed by atoms with van der Waals surface area (Å²) < 4.78 is 2.66. The van der Waals surface area contributed by atoms with Crippen molar-refractivity contribution in [2.75, 3.05) is 0 Å². The monoisotopic (exact) mass is 801 g/mol. The van der Waals surface area contributed by atoms with Crippen LogP contribution in [0.4, 0.5) is 0 Å². The Hall–Kier alpha value is -7.65. The van der Waals surface area contributed by atoms with Gasteiger partial charge >= 0.3 is 0 Å². The number of rotatable bonds is 3. The molecule has 14 rings (SSSR count). The van der Waals surface area contributed by atoms with Crippen molar-refractivity contribution in [3.63, 3.8) is 0 Å². The molecule has 10 aromatic carbocycles. The van der Waals surface area contributed by atoms with Crippen molar-refractivity contribution in [2.45, 2.75) is 5.41 Å². The molecule has 12 aromatic rings. The quantitative estimate of drug-likeness (QED) is 0.162. The SMILES string of the molecule is c1ccc(-c2ccc(-c3cc4c5ccccc5c(-c5ccc6c(c5)C5(c7ccccc7-c7cc8sc9ccccc9c8cc75)c5cccnc5-6)cc4c4ccccc34)cc2)cc1. The van der Waals surface area contributed by atoms with Crippen molar-refractivity contribution < 1.29 is 0 Å². The molecule has 0 fully saturated rings. The number of hydrogen-bond acceptors (Lipinski definition) is 2. The van der Waals surface area contributed by atoms with E-state index in [0.29, 0.717) is 0 Å². The average molecular weight is 802 g/mol. The van der Waals surface area contributed by atoms with Gasteiger partial charge in [-0.05, 0) is 142 Å². The highest BCUT2D eigenvalue weighted by atomic mass is 32.1. The number of nitrogens with zero attached hydrogens (tertiary/aromatic N) is 1. The van der Waals surface area contributed by atoms with Gasteiger partial charge in [-0.3, -0.25) is 4.98 Å². The lowest BCUT2D eigenvalue weighted by molar-refractivity contribution is 0.793. The van der Waals surface area contributed by atoms with E-state index < -0.39 is 5.41 Å². The Bertz CT molecular complexity index is 3860. The van der Waals surface area contributed by atoms with Crippen molar-refractivity contribution in [1.82, 2.24) is 4.98 Å². The average Bonchev–Trinajstić information content (AvgIpc) is 3.96. The lowest BCUT2D eigenvalue weighted by atomic mass is 9.70. The molecule has 0 saturated carbocycles. The van der Waals surface area contributed by atoms with E-state index in [1.807, 2.05) is 17.5 Å². The van der Waals surface area contributed by atoms with Crippen LogP contribution in [0.15, 0.2) is 212 Å². The van der Waals surface area contributed by atoms with Crippen molar-refractivity contribution >= 4 is 63.8 Å². The second kappa shape index (κ2) is 12.7. The standard InChI is InChI=1S/C60H35NS/c1-2-13-36(14-3-1)37-24-26-38(27-25-37)47-32-49-43-18-7-5-16-41(43)48(33-50(49)42-17-6-4-15-40(42)47)39-28-29-46-55(31-39)60(54-22-12-30-61-59(46)54)53-21-10-8-19-44(53)51-35-58-52(34-56(51)60)45-20-9-11-23-57(45)62-58/h1-35H. The third kappa shape index (κ3) is 4.54. The molecule has 0 amide bonds. The van der Waals surface area contributed by atoms with Crippen LogP contribution in [0.2, 0.25) is 0 Å². The molecule has 1 nitrogen and oxygen atoms in total. The first-order chi connectivity index (χ1) is 30.7. The lowest BCUT2D eigenvalue weighted by Gasteiger charge is -2.30. The summed E-state index contributed by atoms with van der Waals surface area (Å²) in [6.45, 7) is 0. The minimum absolute atomic E-state index is 0.512. The third-order valence-electron chi connectivity index (χ3n) is 13.9. The number of thiophene rings is 1. The summed E-state index contributed by atoms with van der Waals surface area (Å²) in [6, 6.07) is 77.2. The molecule has 2 heterocycles. The number of fused-ring (bicyclic) bond motifs is 18. The van der Waals surface area contributed by atoms with Gasteiger partial charge in [0, 0.05) is 31.9 Å². The van der Waals surface area contributed by atoms with E-state index in [9.17, 15) is 0 Å². The molecule has 1 atom stereocenters. The van der Waals surface area contributed by atoms with Gasteiger partial charge in [-0.25, -0.2) is 0 Å². The van der Waals surface area contributed by atoms with E-state index >= 15 is 0 Å². The summed E-state index contributed by atoms with van der Waals surface area (Å²) >= 11 is 1.89. The molecule has 0 N–H and O–H groups in total. The summed E-state index contributed by atoms with van der Waals surface area (Å²) in [7, 11) is 0. The molecule has 62 heavy (non-hydrogen) atoms. The maximum Gasteiger partial charge on any atom is 0.0753 e. The van der Waals surface area contributed by atoms with Gasteiger partial charge in [0.2, 0.25) is 0 Å². The third-order valence-corrected chi connectivity index (χ3v) is 15.1. The molecule has 0 saturated heterocycles. The second-order valence-electron chi connectivity index (χ2n) is 16.9. The number of hydrogen-bond donors (Lipinski definition) is 0. The minimum atomic E-state index is -0.512. The van der Waals surface area contributed by atoms with E-state index in [-0.39, 0.29) is 0 Å². The number of pyridine rings is 1. The van der Waals surface area contributed by atoms with E-state index in [1.54, 1.807) is 0 Å². The van der Waals surface area contributed by atoms with Crippen molar-refractivity contribution in [3.05, 3.63) is 235 Å². The first-order valence-electron chi connectivity index (χ1n) is 21.4. The highest BCUT2D eigenvalue weighted by Crippen LogP contribution is 2.63. The van der Waals surface area contributed by atoms with Gasteiger partial charge in [0.05, 0.1) is 11.1 Å². The number of aromatic nitrogens is 1. The smallest absolute Gasteiger partial charge is 0.0753 e. The van der Waals surface area contributed by atoms with Gasteiger partial charge in [0.25, 0.3) is 0 Å². The second-order valence-corrected chi connectivity index (χ2v) is 18.0. The molecule has 286 valence electrons. The van der Waals surface area contributed by atoms with Crippen LogP contribution in [-0.2, 0) is 5.41 Å². The molecule has 1 spiro atoms. The van der Waals surface area contributed by atoms with Crippen LogP contribution in [0.3, 0.4) is 0 Å². The van der Waals surface area contributed by atoms with Gasteiger partial charge in [0.1, 0.15) is 0 Å². The maximum absolute atomic E-state index is 5.15. The van der Waals surface area contributed by atoms with Crippen molar-refractivity contribution in [1.29, 1.82) is 0 Å². The summed E-state index contributed by atoms with van der Waals surface area (Å²) in [4.78, 5) is 5.15. The van der Waals surface area contributed by atoms with Gasteiger partial charge in [-0.15, -0.1) is 11.3 Å². The van der Waals surface area contributed by atoms with Gasteiger partial charge < -0.3 is 0 Å². The van der Waals surface area contributed by atoms with Crippen LogP contribution in [-0.4, -0.2) is 4.98 Å². The zero-order valence-electron chi connectivity index (χ0n) is 33.6. The summed E-state index contributed by atoms with van der Waals surface area (Å²) in [5, 5.41) is 10.2. The van der Waals surface area contributed by atoms with Gasteiger partial charge in [-0.1, -0.05) is 164 Å². The largest absolute Gasteiger partial charge is 0.256 e. The minimum Gasteiger partial charge on any atom is -0.256 e. The van der Waals surface area contributed by atoms with E-state index in [0.717, 1.165) is 5.69 Å². The lowest BCUT2D eigenvalue weighted by Crippen LogP contribution is -2.26. The first kappa shape index (κ1) is 34.1. The van der Waals surface area contributed by atoms with Crippen LogP contribution in [0.25, 0.3) is 108 Å². The van der Waals surface area contributed by atoms with Crippen molar-refractivity contribution in [3.8, 4) is 55.8 Å². The van der Waals surface area contributed by atoms with Crippen LogP contribution < -0.4 is 0 Å². The highest BCUT2D eigenvalue weighted by Gasteiger charge is 2.52. The Morgan fingerprint density at radius 2 is 0.871 bits per heavy atom. The van der Waals surface area contributed by atoms with E-state index in [4.69, 9.17) is 4.98 Å². The fourth-order valence-electron chi connectivity index (χ4n) is 11.3. The Morgan fingerprint density at radius 1 is 0.290 bits per heavy atom. The van der Waals surface area contributed by atoms with E-state index in [1.165, 1.54) is 125 Å². The normalized spacial score (nSPS) is 14.8. The molecule has 0 aliphatic heterocycles. The fourth-order valence-corrected chi connectivity index (χ4v) is 12.4. The molecule has 1 unspecified atom stereocenters. The highest BCUT2D eigenvalue weighted by molar-refractivity contribution is 7.25. The Kier molecular flexibility index (Phi) is 6.98. The Labute approximate surface area is 362 Å². The Morgan fingerprint density at radius 3 is 1.65 bits per heavy atom. The zero-order chi connectivity index (χ0) is 40.5. The summed E-state index contributed by atoms with van der Waals surface area (Å²) in [5.74, 6) is 0. The van der Waals surface area contributed by atoms with Crippen LogP contribution in [0.5, 0.6) is 0 Å². The van der Waals surface area contributed by atoms with Crippen LogP contribution in [0.1, 0.15) is 22.3 Å². The molecular formula is C60H35NS. The van der Waals surface area contributed by atoms with Crippen LogP contribution in [0, 0.1) is 0 Å². The molecule has 2 aliphatic carbocycles.